The molecular formula is C10H8BrNO. The van der Waals surface area contributed by atoms with Gasteiger partial charge in [0.1, 0.15) is 5.76 Å². The van der Waals surface area contributed by atoms with Gasteiger partial charge in [0.2, 0.25) is 0 Å². The largest absolute Gasteiger partial charge is 0.463 e. The van der Waals surface area contributed by atoms with E-state index in [-0.39, 0.29) is 0 Å². The minimum absolute atomic E-state index is 0.721. The molecule has 1 heterocycles. The standard InChI is InChI=1S/C10H8BrNO/c11-8-5-6-13-10(8)7-3-1-2-4-9(7)12/h1-6H,12H2. The molecule has 0 fully saturated rings. The van der Waals surface area contributed by atoms with Crippen molar-refractivity contribution in [3.63, 3.8) is 0 Å². The number of nitrogen functional groups attached to an aromatic ring is 1. The number of halogens is 1. The van der Waals surface area contributed by atoms with E-state index in [1.807, 2.05) is 30.3 Å². The number of rotatable bonds is 1. The topological polar surface area (TPSA) is 39.2 Å². The smallest absolute Gasteiger partial charge is 0.150 e. The molecule has 0 aliphatic heterocycles. The van der Waals surface area contributed by atoms with Crippen LogP contribution in [-0.2, 0) is 0 Å². The van der Waals surface area contributed by atoms with Crippen LogP contribution in [0.5, 0.6) is 0 Å². The van der Waals surface area contributed by atoms with Gasteiger partial charge in [0.05, 0.1) is 10.7 Å². The number of benzene rings is 1. The van der Waals surface area contributed by atoms with Crippen LogP contribution in [-0.4, -0.2) is 0 Å². The molecule has 0 saturated carbocycles. The molecule has 1 aromatic carbocycles. The van der Waals surface area contributed by atoms with Crippen molar-refractivity contribution in [2.24, 2.45) is 0 Å². The van der Waals surface area contributed by atoms with Crippen LogP contribution in [0.1, 0.15) is 0 Å². The predicted octanol–water partition coefficient (Wildman–Crippen LogP) is 3.29. The van der Waals surface area contributed by atoms with Gasteiger partial charge in [-0.15, -0.1) is 0 Å². The molecule has 13 heavy (non-hydrogen) atoms. The number of para-hydroxylation sites is 1. The van der Waals surface area contributed by atoms with E-state index in [0.29, 0.717) is 0 Å². The Bertz CT molecular complexity index is 422. The maximum Gasteiger partial charge on any atom is 0.150 e. The van der Waals surface area contributed by atoms with Crippen LogP contribution in [0.2, 0.25) is 0 Å². The summed E-state index contributed by atoms with van der Waals surface area (Å²) in [6, 6.07) is 9.46. The van der Waals surface area contributed by atoms with Gasteiger partial charge in [0.15, 0.2) is 0 Å². The molecule has 0 bridgehead atoms. The van der Waals surface area contributed by atoms with Crippen LogP contribution in [0, 0.1) is 0 Å². The first-order valence-electron chi connectivity index (χ1n) is 3.87. The van der Waals surface area contributed by atoms with E-state index in [9.17, 15) is 0 Å². The van der Waals surface area contributed by atoms with E-state index in [2.05, 4.69) is 15.9 Å². The molecule has 0 saturated heterocycles. The molecule has 0 amide bonds. The highest BCUT2D eigenvalue weighted by Crippen LogP contribution is 2.32. The Kier molecular flexibility index (Phi) is 2.10. The van der Waals surface area contributed by atoms with Crippen LogP contribution >= 0.6 is 15.9 Å². The normalized spacial score (nSPS) is 10.2. The molecule has 0 atom stereocenters. The molecule has 66 valence electrons. The molecule has 0 spiro atoms. The molecule has 2 aromatic rings. The molecular weight excluding hydrogens is 230 g/mol. The first kappa shape index (κ1) is 8.38. The summed E-state index contributed by atoms with van der Waals surface area (Å²) in [4.78, 5) is 0. The molecule has 0 unspecified atom stereocenters. The lowest BCUT2D eigenvalue weighted by Gasteiger charge is -2.01. The molecule has 1 aromatic heterocycles. The van der Waals surface area contributed by atoms with Crippen molar-refractivity contribution in [1.29, 1.82) is 0 Å². The van der Waals surface area contributed by atoms with Crippen molar-refractivity contribution in [2.75, 3.05) is 5.73 Å². The van der Waals surface area contributed by atoms with Crippen molar-refractivity contribution < 1.29 is 4.42 Å². The number of furan rings is 1. The molecule has 2 rings (SSSR count). The monoisotopic (exact) mass is 237 g/mol. The van der Waals surface area contributed by atoms with Gasteiger partial charge in [-0.2, -0.15) is 0 Å². The number of hydrogen-bond donors (Lipinski definition) is 1. The second kappa shape index (κ2) is 3.26. The summed E-state index contributed by atoms with van der Waals surface area (Å²) in [5.41, 5.74) is 7.44. The summed E-state index contributed by atoms with van der Waals surface area (Å²) in [6.45, 7) is 0. The average Bonchev–Trinajstić information content (AvgIpc) is 2.52. The van der Waals surface area contributed by atoms with Crippen molar-refractivity contribution in [1.82, 2.24) is 0 Å². The maximum absolute atomic E-state index is 5.80. The predicted molar refractivity (Wildman–Crippen MR) is 56.3 cm³/mol. The Balaban J connectivity index is 2.59. The SMILES string of the molecule is Nc1ccccc1-c1occc1Br. The first-order chi connectivity index (χ1) is 6.29. The van der Waals surface area contributed by atoms with E-state index < -0.39 is 0 Å². The minimum atomic E-state index is 0.721. The van der Waals surface area contributed by atoms with Gasteiger partial charge in [-0.3, -0.25) is 0 Å². The number of anilines is 1. The fraction of sp³-hybridized carbons (Fsp3) is 0. The van der Waals surface area contributed by atoms with Crippen LogP contribution in [0.3, 0.4) is 0 Å². The lowest BCUT2D eigenvalue weighted by Crippen LogP contribution is -1.87. The first-order valence-corrected chi connectivity index (χ1v) is 4.66. The van der Waals surface area contributed by atoms with Crippen LogP contribution in [0.15, 0.2) is 45.5 Å². The highest BCUT2D eigenvalue weighted by molar-refractivity contribution is 9.10. The second-order valence-corrected chi connectivity index (χ2v) is 3.54. The van der Waals surface area contributed by atoms with Gasteiger partial charge < -0.3 is 10.2 Å². The van der Waals surface area contributed by atoms with Crippen molar-refractivity contribution >= 4 is 21.6 Å². The lowest BCUT2D eigenvalue weighted by atomic mass is 10.1. The number of hydrogen-bond acceptors (Lipinski definition) is 2. The fourth-order valence-corrected chi connectivity index (χ4v) is 1.60. The second-order valence-electron chi connectivity index (χ2n) is 2.68. The lowest BCUT2D eigenvalue weighted by molar-refractivity contribution is 0.581. The number of nitrogens with two attached hydrogens (primary N) is 1. The average molecular weight is 238 g/mol. The van der Waals surface area contributed by atoms with Gasteiger partial charge >= 0.3 is 0 Å². The van der Waals surface area contributed by atoms with Crippen LogP contribution < -0.4 is 5.73 Å². The zero-order valence-electron chi connectivity index (χ0n) is 6.83. The van der Waals surface area contributed by atoms with E-state index in [1.54, 1.807) is 6.26 Å². The Morgan fingerprint density at radius 1 is 1.15 bits per heavy atom. The Labute approximate surface area is 84.5 Å². The van der Waals surface area contributed by atoms with Crippen molar-refractivity contribution in [3.8, 4) is 11.3 Å². The molecule has 0 radical (unpaired) electrons. The van der Waals surface area contributed by atoms with E-state index in [4.69, 9.17) is 10.2 Å². The zero-order chi connectivity index (χ0) is 9.26. The van der Waals surface area contributed by atoms with Gasteiger partial charge in [-0.1, -0.05) is 12.1 Å². The molecule has 2 nitrogen and oxygen atoms in total. The third-order valence-electron chi connectivity index (χ3n) is 1.82. The molecule has 3 heteroatoms. The third kappa shape index (κ3) is 1.47. The highest BCUT2D eigenvalue weighted by atomic mass is 79.9. The van der Waals surface area contributed by atoms with Crippen molar-refractivity contribution in [3.05, 3.63) is 41.1 Å². The van der Waals surface area contributed by atoms with Gasteiger partial charge in [-0.05, 0) is 34.1 Å². The molecule has 0 aliphatic rings. The summed E-state index contributed by atoms with van der Waals surface area (Å²) in [6.07, 6.45) is 1.63. The summed E-state index contributed by atoms with van der Waals surface area (Å²) in [5.74, 6) is 0.776. The molecule has 2 N–H and O–H groups in total. The van der Waals surface area contributed by atoms with E-state index in [1.165, 1.54) is 0 Å². The summed E-state index contributed by atoms with van der Waals surface area (Å²) in [5, 5.41) is 0. The Morgan fingerprint density at radius 2 is 1.92 bits per heavy atom. The van der Waals surface area contributed by atoms with E-state index >= 15 is 0 Å². The van der Waals surface area contributed by atoms with Gasteiger partial charge in [-0.25, -0.2) is 0 Å². The maximum atomic E-state index is 5.80. The summed E-state index contributed by atoms with van der Waals surface area (Å²) >= 11 is 3.39. The fourth-order valence-electron chi connectivity index (χ4n) is 1.19. The van der Waals surface area contributed by atoms with E-state index in [0.717, 1.165) is 21.5 Å². The summed E-state index contributed by atoms with van der Waals surface area (Å²) < 4.78 is 6.23. The Hall–Kier alpha value is -1.22. The Morgan fingerprint density at radius 3 is 2.54 bits per heavy atom. The van der Waals surface area contributed by atoms with Gasteiger partial charge in [0.25, 0.3) is 0 Å². The highest BCUT2D eigenvalue weighted by Gasteiger charge is 2.08. The van der Waals surface area contributed by atoms with Crippen LogP contribution in [0.25, 0.3) is 11.3 Å². The molecule has 0 aliphatic carbocycles. The van der Waals surface area contributed by atoms with Gasteiger partial charge in [0, 0.05) is 11.3 Å². The minimum Gasteiger partial charge on any atom is -0.463 e. The van der Waals surface area contributed by atoms with Crippen LogP contribution in [0.4, 0.5) is 5.69 Å². The quantitative estimate of drug-likeness (QED) is 0.774. The summed E-state index contributed by atoms with van der Waals surface area (Å²) in [7, 11) is 0. The van der Waals surface area contributed by atoms with Crippen molar-refractivity contribution in [2.45, 2.75) is 0 Å². The zero-order valence-corrected chi connectivity index (χ0v) is 8.41. The third-order valence-corrected chi connectivity index (χ3v) is 2.45.